The van der Waals surface area contributed by atoms with Crippen LogP contribution in [-0.2, 0) is 12.7 Å². The normalized spacial score (nSPS) is 15.7. The van der Waals surface area contributed by atoms with Gasteiger partial charge in [-0.05, 0) is 12.1 Å². The molecular formula is C14H11ClF3N5O. The fourth-order valence-corrected chi connectivity index (χ4v) is 2.49. The van der Waals surface area contributed by atoms with Gasteiger partial charge < -0.3 is 15.1 Å². The van der Waals surface area contributed by atoms with Crippen molar-refractivity contribution in [2.75, 3.05) is 6.54 Å². The molecule has 0 saturated heterocycles. The molecule has 0 aliphatic carbocycles. The number of amidine groups is 1. The van der Waals surface area contributed by atoms with Crippen molar-refractivity contribution in [3.63, 3.8) is 0 Å². The number of alkyl halides is 3. The number of pyridine rings is 1. The van der Waals surface area contributed by atoms with Crippen molar-refractivity contribution in [1.29, 1.82) is 0 Å². The van der Waals surface area contributed by atoms with Crippen LogP contribution in [0.1, 0.15) is 17.1 Å². The molecule has 1 aliphatic heterocycles. The Morgan fingerprint density at radius 2 is 2.08 bits per heavy atom. The Bertz CT molecular complexity index is 801. The third-order valence-electron chi connectivity index (χ3n) is 3.25. The topological polar surface area (TPSA) is 80.5 Å². The summed E-state index contributed by atoms with van der Waals surface area (Å²) in [5, 5.41) is 0.0884. The molecule has 2 aromatic heterocycles. The van der Waals surface area contributed by atoms with Crippen LogP contribution in [0, 0.1) is 0 Å². The number of rotatable bonds is 3. The lowest BCUT2D eigenvalue weighted by Gasteiger charge is -2.28. The van der Waals surface area contributed by atoms with E-state index in [4.69, 9.17) is 21.8 Å². The molecule has 0 unspecified atom stereocenters. The monoisotopic (exact) mass is 357 g/mol. The van der Waals surface area contributed by atoms with Gasteiger partial charge in [-0.2, -0.15) is 13.2 Å². The number of nitrogens with two attached hydrogens (primary N) is 1. The van der Waals surface area contributed by atoms with Gasteiger partial charge in [-0.25, -0.2) is 9.98 Å². The minimum atomic E-state index is -4.51. The maximum atomic E-state index is 13.1. The van der Waals surface area contributed by atoms with Crippen LogP contribution in [0.15, 0.2) is 45.4 Å². The molecular weight excluding hydrogens is 347 g/mol. The highest BCUT2D eigenvalue weighted by molar-refractivity contribution is 6.32. The second kappa shape index (κ2) is 6.16. The summed E-state index contributed by atoms with van der Waals surface area (Å²) in [4.78, 5) is 13.3. The van der Waals surface area contributed by atoms with Gasteiger partial charge in [0.15, 0.2) is 5.70 Å². The van der Waals surface area contributed by atoms with Gasteiger partial charge in [0.05, 0.1) is 30.5 Å². The molecule has 0 bridgehead atoms. The SMILES string of the molecule is NC1=NC(c2ncco2)=C(Cl)N(Cc2ncccc2C(F)(F)F)C1. The van der Waals surface area contributed by atoms with Crippen LogP contribution in [0.4, 0.5) is 13.2 Å². The summed E-state index contributed by atoms with van der Waals surface area (Å²) < 4.78 is 44.4. The Morgan fingerprint density at radius 1 is 1.29 bits per heavy atom. The van der Waals surface area contributed by atoms with Crippen molar-refractivity contribution in [1.82, 2.24) is 14.9 Å². The van der Waals surface area contributed by atoms with Crippen molar-refractivity contribution in [2.45, 2.75) is 12.7 Å². The molecule has 0 atom stereocenters. The first-order valence-electron chi connectivity index (χ1n) is 6.75. The van der Waals surface area contributed by atoms with Crippen molar-refractivity contribution >= 4 is 23.1 Å². The molecule has 24 heavy (non-hydrogen) atoms. The minimum absolute atomic E-state index is 0.0664. The van der Waals surface area contributed by atoms with E-state index in [1.165, 1.54) is 29.6 Å². The fraction of sp³-hybridized carbons (Fsp3) is 0.214. The van der Waals surface area contributed by atoms with Crippen LogP contribution in [-0.4, -0.2) is 27.2 Å². The van der Waals surface area contributed by atoms with E-state index in [-0.39, 0.29) is 41.4 Å². The first-order valence-corrected chi connectivity index (χ1v) is 7.13. The van der Waals surface area contributed by atoms with E-state index in [0.29, 0.717) is 0 Å². The van der Waals surface area contributed by atoms with Crippen LogP contribution in [0.3, 0.4) is 0 Å². The number of nitrogens with zero attached hydrogens (tertiary/aromatic N) is 4. The number of aromatic nitrogens is 2. The Balaban J connectivity index is 1.96. The third kappa shape index (κ3) is 3.21. The molecule has 6 nitrogen and oxygen atoms in total. The average Bonchev–Trinajstić information content (AvgIpc) is 3.04. The molecule has 1 aliphatic rings. The Hall–Kier alpha value is -2.55. The summed E-state index contributed by atoms with van der Waals surface area (Å²) in [7, 11) is 0. The van der Waals surface area contributed by atoms with Gasteiger partial charge in [0.1, 0.15) is 17.3 Å². The smallest absolute Gasteiger partial charge is 0.418 e. The highest BCUT2D eigenvalue weighted by Gasteiger charge is 2.35. The number of aliphatic imine (C=N–C) groups is 1. The van der Waals surface area contributed by atoms with Gasteiger partial charge in [-0.3, -0.25) is 4.98 Å². The van der Waals surface area contributed by atoms with Gasteiger partial charge in [-0.1, -0.05) is 11.6 Å². The largest absolute Gasteiger partial charge is 0.443 e. The first-order chi connectivity index (χ1) is 11.4. The molecule has 0 radical (unpaired) electrons. The molecule has 0 fully saturated rings. The molecule has 3 heterocycles. The van der Waals surface area contributed by atoms with Crippen molar-refractivity contribution in [3.8, 4) is 0 Å². The average molecular weight is 358 g/mol. The third-order valence-corrected chi connectivity index (χ3v) is 3.67. The highest BCUT2D eigenvalue weighted by Crippen LogP contribution is 2.33. The van der Waals surface area contributed by atoms with Crippen LogP contribution < -0.4 is 5.73 Å². The fourth-order valence-electron chi connectivity index (χ4n) is 2.24. The zero-order valence-corrected chi connectivity index (χ0v) is 12.8. The van der Waals surface area contributed by atoms with Crippen molar-refractivity contribution < 1.29 is 17.6 Å². The molecule has 126 valence electrons. The minimum Gasteiger partial charge on any atom is -0.443 e. The van der Waals surface area contributed by atoms with Crippen LogP contribution >= 0.6 is 11.6 Å². The number of hydrogen-bond donors (Lipinski definition) is 1. The summed E-state index contributed by atoms with van der Waals surface area (Å²) in [5.74, 6) is 0.307. The number of oxazole rings is 1. The van der Waals surface area contributed by atoms with Gasteiger partial charge in [0.25, 0.3) is 0 Å². The molecule has 2 aromatic rings. The Morgan fingerprint density at radius 3 is 2.75 bits per heavy atom. The molecule has 3 rings (SSSR count). The standard InChI is InChI=1S/C14H11ClF3N5O/c15-12-11(13-21-4-5-24-13)22-10(19)7-23(12)6-9-8(14(16,17)18)2-1-3-20-9/h1-5H,6-7H2,(H2,19,22). The molecule has 10 heteroatoms. The van der Waals surface area contributed by atoms with Crippen LogP contribution in [0.2, 0.25) is 0 Å². The van der Waals surface area contributed by atoms with Gasteiger partial charge in [0.2, 0.25) is 5.89 Å². The second-order valence-electron chi connectivity index (χ2n) is 4.93. The summed E-state index contributed by atoms with van der Waals surface area (Å²) in [6.45, 7) is -0.119. The van der Waals surface area contributed by atoms with Crippen LogP contribution in [0.25, 0.3) is 5.70 Å². The number of halogens is 4. The molecule has 0 amide bonds. The predicted molar refractivity (Wildman–Crippen MR) is 80.5 cm³/mol. The van der Waals surface area contributed by atoms with E-state index < -0.39 is 11.7 Å². The molecule has 0 saturated carbocycles. The maximum absolute atomic E-state index is 13.1. The predicted octanol–water partition coefficient (Wildman–Crippen LogP) is 2.83. The number of hydrogen-bond acceptors (Lipinski definition) is 6. The molecule has 0 spiro atoms. The molecule has 0 aromatic carbocycles. The van der Waals surface area contributed by atoms with E-state index in [2.05, 4.69) is 15.0 Å². The zero-order chi connectivity index (χ0) is 17.3. The summed E-state index contributed by atoms with van der Waals surface area (Å²) in [6, 6.07) is 2.20. The Kier molecular flexibility index (Phi) is 4.18. The molecule has 2 N–H and O–H groups in total. The zero-order valence-electron chi connectivity index (χ0n) is 12.1. The summed E-state index contributed by atoms with van der Waals surface area (Å²) in [5.41, 5.74) is 4.94. The summed E-state index contributed by atoms with van der Waals surface area (Å²) in [6.07, 6.45) is -0.492. The first kappa shape index (κ1) is 16.3. The van der Waals surface area contributed by atoms with Crippen LogP contribution in [0.5, 0.6) is 0 Å². The quantitative estimate of drug-likeness (QED) is 0.854. The van der Waals surface area contributed by atoms with E-state index in [1.54, 1.807) is 0 Å². The van der Waals surface area contributed by atoms with Crippen molar-refractivity contribution in [3.05, 3.63) is 53.1 Å². The Labute approximate surface area is 139 Å². The van der Waals surface area contributed by atoms with E-state index in [9.17, 15) is 13.2 Å². The van der Waals surface area contributed by atoms with Gasteiger partial charge in [-0.15, -0.1) is 0 Å². The lowest BCUT2D eigenvalue weighted by molar-refractivity contribution is -0.138. The lowest BCUT2D eigenvalue weighted by Crippen LogP contribution is -2.36. The maximum Gasteiger partial charge on any atom is 0.418 e. The van der Waals surface area contributed by atoms with E-state index in [0.717, 1.165) is 6.07 Å². The van der Waals surface area contributed by atoms with E-state index in [1.807, 2.05) is 0 Å². The van der Waals surface area contributed by atoms with Crippen molar-refractivity contribution in [2.24, 2.45) is 10.7 Å². The second-order valence-corrected chi connectivity index (χ2v) is 5.29. The van der Waals surface area contributed by atoms with E-state index >= 15 is 0 Å². The summed E-state index contributed by atoms with van der Waals surface area (Å²) >= 11 is 6.26. The lowest BCUT2D eigenvalue weighted by atomic mass is 10.1. The highest BCUT2D eigenvalue weighted by atomic mass is 35.5. The van der Waals surface area contributed by atoms with Gasteiger partial charge in [0, 0.05) is 6.20 Å². The van der Waals surface area contributed by atoms with Gasteiger partial charge >= 0.3 is 6.18 Å².